The van der Waals surface area contributed by atoms with E-state index in [0.717, 1.165) is 12.2 Å². The van der Waals surface area contributed by atoms with Crippen LogP contribution in [0.1, 0.15) is 37.0 Å². The third-order valence-electron chi connectivity index (χ3n) is 3.27. The van der Waals surface area contributed by atoms with Gasteiger partial charge in [0.05, 0.1) is 7.11 Å². The molecule has 1 aromatic rings. The van der Waals surface area contributed by atoms with Gasteiger partial charge in [0, 0.05) is 6.42 Å². The molecule has 0 aliphatic heterocycles. The third kappa shape index (κ3) is 3.58. The molecule has 1 unspecified atom stereocenters. The molecule has 17 heavy (non-hydrogen) atoms. The van der Waals surface area contributed by atoms with E-state index >= 15 is 0 Å². The van der Waals surface area contributed by atoms with Crippen LogP contribution in [-0.4, -0.2) is 12.9 Å². The van der Waals surface area contributed by atoms with E-state index in [1.165, 1.54) is 16.7 Å². The van der Waals surface area contributed by atoms with Crippen molar-refractivity contribution >= 4 is 5.78 Å². The van der Waals surface area contributed by atoms with E-state index in [-0.39, 0.29) is 5.78 Å². The van der Waals surface area contributed by atoms with E-state index in [0.29, 0.717) is 12.3 Å². The van der Waals surface area contributed by atoms with Crippen LogP contribution in [-0.2, 0) is 11.2 Å². The van der Waals surface area contributed by atoms with E-state index < -0.39 is 0 Å². The number of rotatable bonds is 5. The Morgan fingerprint density at radius 1 is 1.29 bits per heavy atom. The van der Waals surface area contributed by atoms with Gasteiger partial charge < -0.3 is 9.53 Å². The van der Waals surface area contributed by atoms with Crippen molar-refractivity contribution in [1.82, 2.24) is 0 Å². The highest BCUT2D eigenvalue weighted by atomic mass is 16.5. The summed E-state index contributed by atoms with van der Waals surface area (Å²) < 4.78 is 5.30. The molecule has 0 aliphatic carbocycles. The second-order valence-corrected chi connectivity index (χ2v) is 4.89. The highest BCUT2D eigenvalue weighted by molar-refractivity contribution is 5.75. The number of Topliss-reactive ketones (excluding diaryl/α,β-unsaturated/α-hetero) is 1. The molecule has 0 fully saturated rings. The van der Waals surface area contributed by atoms with Crippen molar-refractivity contribution < 1.29 is 9.53 Å². The smallest absolute Gasteiger partial charge is 0.130 e. The summed E-state index contributed by atoms with van der Waals surface area (Å²) in [6.07, 6.45) is 1.61. The first-order valence-corrected chi connectivity index (χ1v) is 6.08. The summed E-state index contributed by atoms with van der Waals surface area (Å²) >= 11 is 0. The van der Waals surface area contributed by atoms with Crippen LogP contribution in [0.15, 0.2) is 12.1 Å². The highest BCUT2D eigenvalue weighted by Crippen LogP contribution is 2.26. The van der Waals surface area contributed by atoms with Crippen molar-refractivity contribution in [3.63, 3.8) is 0 Å². The molecule has 0 amide bonds. The SMILES string of the molecule is COc1ccc(CC(C)CC(C)=O)c(C)c1C. The molecule has 0 N–H and O–H groups in total. The normalized spacial score (nSPS) is 12.3. The second-order valence-electron chi connectivity index (χ2n) is 4.89. The minimum atomic E-state index is 0.264. The Hall–Kier alpha value is -1.31. The standard InChI is InChI=1S/C15H22O2/c1-10(8-11(2)16)9-14-6-7-15(17-5)13(4)12(14)3/h6-7,10H,8-9H2,1-5H3. The maximum absolute atomic E-state index is 11.1. The first kappa shape index (κ1) is 13.8. The van der Waals surface area contributed by atoms with Gasteiger partial charge in [0.25, 0.3) is 0 Å². The largest absolute Gasteiger partial charge is 0.496 e. The molecule has 0 aliphatic rings. The molecule has 0 bridgehead atoms. The number of carbonyl (C=O) groups excluding carboxylic acids is 1. The lowest BCUT2D eigenvalue weighted by atomic mass is 9.92. The summed E-state index contributed by atoms with van der Waals surface area (Å²) in [5.41, 5.74) is 3.79. The number of benzene rings is 1. The monoisotopic (exact) mass is 234 g/mol. The zero-order valence-corrected chi connectivity index (χ0v) is 11.5. The van der Waals surface area contributed by atoms with Gasteiger partial charge in [-0.25, -0.2) is 0 Å². The first-order chi connectivity index (χ1) is 7.95. The van der Waals surface area contributed by atoms with Gasteiger partial charge in [-0.15, -0.1) is 0 Å². The van der Waals surface area contributed by atoms with E-state index in [1.807, 2.05) is 6.07 Å². The van der Waals surface area contributed by atoms with Gasteiger partial charge in [-0.1, -0.05) is 13.0 Å². The quantitative estimate of drug-likeness (QED) is 0.779. The van der Waals surface area contributed by atoms with Crippen molar-refractivity contribution in [1.29, 1.82) is 0 Å². The molecule has 0 radical (unpaired) electrons. The molecular weight excluding hydrogens is 212 g/mol. The minimum Gasteiger partial charge on any atom is -0.496 e. The van der Waals surface area contributed by atoms with Crippen LogP contribution in [0.2, 0.25) is 0 Å². The Bertz CT molecular complexity index is 408. The lowest BCUT2D eigenvalue weighted by molar-refractivity contribution is -0.117. The highest BCUT2D eigenvalue weighted by Gasteiger charge is 2.11. The first-order valence-electron chi connectivity index (χ1n) is 6.08. The average Bonchev–Trinajstić information content (AvgIpc) is 2.24. The lowest BCUT2D eigenvalue weighted by Crippen LogP contribution is -2.07. The molecule has 0 heterocycles. The predicted molar refractivity (Wildman–Crippen MR) is 70.6 cm³/mol. The minimum absolute atomic E-state index is 0.264. The van der Waals surface area contributed by atoms with Crippen molar-refractivity contribution in [2.45, 2.75) is 40.5 Å². The van der Waals surface area contributed by atoms with Crippen molar-refractivity contribution in [2.24, 2.45) is 5.92 Å². The average molecular weight is 234 g/mol. The second kappa shape index (κ2) is 5.85. The summed E-state index contributed by atoms with van der Waals surface area (Å²) in [7, 11) is 1.69. The summed E-state index contributed by atoms with van der Waals surface area (Å²) in [6, 6.07) is 4.12. The summed E-state index contributed by atoms with van der Waals surface area (Å²) in [4.78, 5) is 11.1. The number of ketones is 1. The van der Waals surface area contributed by atoms with Crippen LogP contribution >= 0.6 is 0 Å². The third-order valence-corrected chi connectivity index (χ3v) is 3.27. The molecule has 2 nitrogen and oxygen atoms in total. The number of carbonyl (C=O) groups is 1. The van der Waals surface area contributed by atoms with Crippen LogP contribution in [0.25, 0.3) is 0 Å². The Balaban J connectivity index is 2.85. The van der Waals surface area contributed by atoms with E-state index in [2.05, 4.69) is 26.8 Å². The van der Waals surface area contributed by atoms with Gasteiger partial charge in [0.1, 0.15) is 11.5 Å². The number of methoxy groups -OCH3 is 1. The summed E-state index contributed by atoms with van der Waals surface area (Å²) in [5.74, 6) is 1.60. The molecule has 0 spiro atoms. The van der Waals surface area contributed by atoms with Gasteiger partial charge in [-0.2, -0.15) is 0 Å². The number of ether oxygens (including phenoxy) is 1. The Labute approximate surface area is 104 Å². The fraction of sp³-hybridized carbons (Fsp3) is 0.533. The summed E-state index contributed by atoms with van der Waals surface area (Å²) in [6.45, 7) is 7.98. The Morgan fingerprint density at radius 2 is 1.94 bits per heavy atom. The van der Waals surface area contributed by atoms with Gasteiger partial charge in [-0.05, 0) is 55.9 Å². The molecule has 1 rings (SSSR count). The Morgan fingerprint density at radius 3 is 2.47 bits per heavy atom. The lowest BCUT2D eigenvalue weighted by Gasteiger charge is -2.15. The van der Waals surface area contributed by atoms with Crippen molar-refractivity contribution in [3.05, 3.63) is 28.8 Å². The van der Waals surface area contributed by atoms with Crippen LogP contribution < -0.4 is 4.74 Å². The Kier molecular flexibility index (Phi) is 4.73. The van der Waals surface area contributed by atoms with E-state index in [1.54, 1.807) is 14.0 Å². The van der Waals surface area contributed by atoms with Crippen LogP contribution in [0, 0.1) is 19.8 Å². The van der Waals surface area contributed by atoms with Crippen LogP contribution in [0.4, 0.5) is 0 Å². The molecule has 94 valence electrons. The number of hydrogen-bond acceptors (Lipinski definition) is 2. The molecule has 0 saturated carbocycles. The molecule has 1 atom stereocenters. The van der Waals surface area contributed by atoms with E-state index in [4.69, 9.17) is 4.74 Å². The van der Waals surface area contributed by atoms with Crippen LogP contribution in [0.5, 0.6) is 5.75 Å². The fourth-order valence-corrected chi connectivity index (χ4v) is 2.23. The van der Waals surface area contributed by atoms with Gasteiger partial charge in [0.15, 0.2) is 0 Å². The number of hydrogen-bond donors (Lipinski definition) is 0. The molecule has 0 aromatic heterocycles. The van der Waals surface area contributed by atoms with Gasteiger partial charge in [-0.3, -0.25) is 0 Å². The molecular formula is C15H22O2. The van der Waals surface area contributed by atoms with Gasteiger partial charge >= 0.3 is 0 Å². The van der Waals surface area contributed by atoms with E-state index in [9.17, 15) is 4.79 Å². The topological polar surface area (TPSA) is 26.3 Å². The fourth-order valence-electron chi connectivity index (χ4n) is 2.23. The summed E-state index contributed by atoms with van der Waals surface area (Å²) in [5, 5.41) is 0. The van der Waals surface area contributed by atoms with Crippen molar-refractivity contribution in [3.8, 4) is 5.75 Å². The molecule has 0 saturated heterocycles. The maximum Gasteiger partial charge on any atom is 0.130 e. The van der Waals surface area contributed by atoms with Gasteiger partial charge in [0.2, 0.25) is 0 Å². The zero-order chi connectivity index (χ0) is 13.0. The molecule has 1 aromatic carbocycles. The zero-order valence-electron chi connectivity index (χ0n) is 11.5. The maximum atomic E-state index is 11.1. The van der Waals surface area contributed by atoms with Crippen LogP contribution in [0.3, 0.4) is 0 Å². The van der Waals surface area contributed by atoms with Crippen molar-refractivity contribution in [2.75, 3.05) is 7.11 Å². The molecule has 2 heteroatoms. The predicted octanol–water partition coefficient (Wildman–Crippen LogP) is 3.47.